The average Bonchev–Trinajstić information content (AvgIpc) is 3.05. The van der Waals surface area contributed by atoms with E-state index in [-0.39, 0.29) is 6.04 Å². The van der Waals surface area contributed by atoms with E-state index in [0.717, 1.165) is 22.2 Å². The molecule has 0 saturated heterocycles. The molecule has 0 fully saturated rings. The standard InChI is InChI=1S/C20H17BrN4/c21-17-14-23-25-12-11-22-20(19(17)25)24-18(16-9-5-2-6-10-16)13-15-7-3-1-4-8-15/h1-12,14,18H,13H2,(H,22,24). The summed E-state index contributed by atoms with van der Waals surface area (Å²) in [4.78, 5) is 4.54. The van der Waals surface area contributed by atoms with Gasteiger partial charge in [0, 0.05) is 12.4 Å². The van der Waals surface area contributed by atoms with Crippen molar-refractivity contribution in [3.05, 3.63) is 94.9 Å². The molecule has 1 N–H and O–H groups in total. The van der Waals surface area contributed by atoms with Gasteiger partial charge in [-0.15, -0.1) is 0 Å². The van der Waals surface area contributed by atoms with E-state index >= 15 is 0 Å². The Morgan fingerprint density at radius 3 is 2.48 bits per heavy atom. The SMILES string of the molecule is Brc1cnn2ccnc(NC(Cc3ccccc3)c3ccccc3)c12. The van der Waals surface area contributed by atoms with Gasteiger partial charge in [0.15, 0.2) is 5.82 Å². The predicted molar refractivity (Wildman–Crippen MR) is 104 cm³/mol. The highest BCUT2D eigenvalue weighted by Gasteiger charge is 2.16. The van der Waals surface area contributed by atoms with Crippen molar-refractivity contribution >= 4 is 27.3 Å². The molecule has 0 saturated carbocycles. The zero-order valence-corrected chi connectivity index (χ0v) is 15.1. The lowest BCUT2D eigenvalue weighted by Gasteiger charge is -2.20. The number of nitrogens with one attached hydrogen (secondary N) is 1. The van der Waals surface area contributed by atoms with E-state index in [1.807, 2.05) is 22.8 Å². The number of benzene rings is 2. The van der Waals surface area contributed by atoms with Crippen molar-refractivity contribution in [3.63, 3.8) is 0 Å². The summed E-state index contributed by atoms with van der Waals surface area (Å²) in [6, 6.07) is 21.1. The van der Waals surface area contributed by atoms with Crippen LogP contribution in [0, 0.1) is 0 Å². The lowest BCUT2D eigenvalue weighted by Crippen LogP contribution is -2.15. The largest absolute Gasteiger partial charge is 0.361 e. The van der Waals surface area contributed by atoms with Gasteiger partial charge < -0.3 is 5.32 Å². The highest BCUT2D eigenvalue weighted by atomic mass is 79.9. The first-order valence-corrected chi connectivity index (χ1v) is 8.94. The molecule has 0 bridgehead atoms. The van der Waals surface area contributed by atoms with E-state index < -0.39 is 0 Å². The van der Waals surface area contributed by atoms with Crippen molar-refractivity contribution in [1.29, 1.82) is 0 Å². The molecule has 124 valence electrons. The molecule has 5 heteroatoms. The molecule has 0 aliphatic rings. The van der Waals surface area contributed by atoms with Crippen LogP contribution in [0.5, 0.6) is 0 Å². The highest BCUT2D eigenvalue weighted by molar-refractivity contribution is 9.10. The zero-order valence-electron chi connectivity index (χ0n) is 13.5. The quantitative estimate of drug-likeness (QED) is 0.525. The summed E-state index contributed by atoms with van der Waals surface area (Å²) in [5.74, 6) is 0.816. The second-order valence-corrected chi connectivity index (χ2v) is 6.71. The Morgan fingerprint density at radius 2 is 1.72 bits per heavy atom. The van der Waals surface area contributed by atoms with Gasteiger partial charge in [-0.05, 0) is 33.5 Å². The van der Waals surface area contributed by atoms with Crippen LogP contribution in [-0.4, -0.2) is 14.6 Å². The molecule has 4 aromatic rings. The summed E-state index contributed by atoms with van der Waals surface area (Å²) in [6.45, 7) is 0. The van der Waals surface area contributed by atoms with E-state index in [1.165, 1.54) is 11.1 Å². The maximum absolute atomic E-state index is 4.54. The van der Waals surface area contributed by atoms with Gasteiger partial charge in [0.25, 0.3) is 0 Å². The fourth-order valence-electron chi connectivity index (χ4n) is 2.97. The number of fused-ring (bicyclic) bond motifs is 1. The van der Waals surface area contributed by atoms with Gasteiger partial charge in [-0.1, -0.05) is 60.7 Å². The molecule has 0 radical (unpaired) electrons. The molecule has 2 aromatic heterocycles. The summed E-state index contributed by atoms with van der Waals surface area (Å²) < 4.78 is 2.75. The Bertz CT molecular complexity index is 967. The Labute approximate surface area is 154 Å². The Kier molecular flexibility index (Phi) is 4.48. The van der Waals surface area contributed by atoms with Gasteiger partial charge in [0.1, 0.15) is 5.52 Å². The monoisotopic (exact) mass is 392 g/mol. The van der Waals surface area contributed by atoms with Crippen LogP contribution in [0.3, 0.4) is 0 Å². The minimum atomic E-state index is 0.115. The molecule has 2 heterocycles. The summed E-state index contributed by atoms with van der Waals surface area (Å²) in [5, 5.41) is 7.94. The van der Waals surface area contributed by atoms with E-state index in [9.17, 15) is 0 Å². The van der Waals surface area contributed by atoms with Crippen molar-refractivity contribution in [2.75, 3.05) is 5.32 Å². The maximum atomic E-state index is 4.54. The number of hydrogen-bond acceptors (Lipinski definition) is 3. The van der Waals surface area contributed by atoms with Crippen LogP contribution < -0.4 is 5.32 Å². The van der Waals surface area contributed by atoms with Crippen LogP contribution in [-0.2, 0) is 6.42 Å². The molecular formula is C20H17BrN4. The Hall–Kier alpha value is -2.66. The minimum absolute atomic E-state index is 0.115. The normalized spacial score (nSPS) is 12.2. The van der Waals surface area contributed by atoms with E-state index in [2.05, 4.69) is 79.9 Å². The molecule has 1 atom stereocenters. The van der Waals surface area contributed by atoms with Crippen LogP contribution in [0.1, 0.15) is 17.2 Å². The fraction of sp³-hybridized carbons (Fsp3) is 0.100. The Morgan fingerprint density at radius 1 is 1.00 bits per heavy atom. The molecule has 4 nitrogen and oxygen atoms in total. The van der Waals surface area contributed by atoms with Crippen molar-refractivity contribution < 1.29 is 0 Å². The van der Waals surface area contributed by atoms with Crippen molar-refractivity contribution in [3.8, 4) is 0 Å². The van der Waals surface area contributed by atoms with Crippen LogP contribution in [0.15, 0.2) is 83.7 Å². The van der Waals surface area contributed by atoms with E-state index in [1.54, 1.807) is 12.4 Å². The molecule has 25 heavy (non-hydrogen) atoms. The lowest BCUT2D eigenvalue weighted by atomic mass is 9.99. The van der Waals surface area contributed by atoms with E-state index in [0.29, 0.717) is 0 Å². The molecule has 0 aliphatic carbocycles. The summed E-state index contributed by atoms with van der Waals surface area (Å²) in [7, 11) is 0. The van der Waals surface area contributed by atoms with Crippen LogP contribution in [0.25, 0.3) is 5.52 Å². The molecule has 0 aliphatic heterocycles. The van der Waals surface area contributed by atoms with Crippen LogP contribution in [0.2, 0.25) is 0 Å². The summed E-state index contributed by atoms with van der Waals surface area (Å²) in [5.41, 5.74) is 3.45. The first-order chi connectivity index (χ1) is 12.3. The summed E-state index contributed by atoms with van der Waals surface area (Å²) >= 11 is 3.57. The number of rotatable bonds is 5. The molecule has 1 unspecified atom stereocenters. The third kappa shape index (κ3) is 3.42. The van der Waals surface area contributed by atoms with Gasteiger partial charge >= 0.3 is 0 Å². The highest BCUT2D eigenvalue weighted by Crippen LogP contribution is 2.28. The number of aromatic nitrogens is 3. The molecule has 2 aromatic carbocycles. The van der Waals surface area contributed by atoms with Crippen molar-refractivity contribution in [2.45, 2.75) is 12.5 Å². The first kappa shape index (κ1) is 15.8. The molecule has 4 rings (SSSR count). The molecular weight excluding hydrogens is 376 g/mol. The lowest BCUT2D eigenvalue weighted by molar-refractivity contribution is 0.769. The number of hydrogen-bond donors (Lipinski definition) is 1. The zero-order chi connectivity index (χ0) is 17.1. The second-order valence-electron chi connectivity index (χ2n) is 5.86. The third-order valence-corrected chi connectivity index (χ3v) is 4.76. The van der Waals surface area contributed by atoms with Crippen molar-refractivity contribution in [1.82, 2.24) is 14.6 Å². The predicted octanol–water partition coefficient (Wildman–Crippen LogP) is 4.89. The second kappa shape index (κ2) is 7.07. The topological polar surface area (TPSA) is 42.2 Å². The number of nitrogens with zero attached hydrogens (tertiary/aromatic N) is 3. The van der Waals surface area contributed by atoms with Crippen molar-refractivity contribution in [2.24, 2.45) is 0 Å². The third-order valence-electron chi connectivity index (χ3n) is 4.18. The Balaban J connectivity index is 1.72. The fourth-order valence-corrected chi connectivity index (χ4v) is 3.43. The van der Waals surface area contributed by atoms with Gasteiger partial charge in [-0.3, -0.25) is 0 Å². The van der Waals surface area contributed by atoms with Gasteiger partial charge in [-0.2, -0.15) is 5.10 Å². The maximum Gasteiger partial charge on any atom is 0.153 e. The average molecular weight is 393 g/mol. The van der Waals surface area contributed by atoms with Crippen LogP contribution in [0.4, 0.5) is 5.82 Å². The molecule has 0 amide bonds. The number of halogens is 1. The summed E-state index contributed by atoms with van der Waals surface area (Å²) in [6.07, 6.45) is 6.27. The number of anilines is 1. The van der Waals surface area contributed by atoms with Gasteiger partial charge in [0.05, 0.1) is 16.7 Å². The smallest absolute Gasteiger partial charge is 0.153 e. The van der Waals surface area contributed by atoms with E-state index in [4.69, 9.17) is 0 Å². The van der Waals surface area contributed by atoms with Gasteiger partial charge in [-0.25, -0.2) is 9.50 Å². The molecule has 0 spiro atoms. The first-order valence-electron chi connectivity index (χ1n) is 8.14. The van der Waals surface area contributed by atoms with Crippen LogP contribution >= 0.6 is 15.9 Å². The van der Waals surface area contributed by atoms with Gasteiger partial charge in [0.2, 0.25) is 0 Å². The minimum Gasteiger partial charge on any atom is -0.361 e.